The van der Waals surface area contributed by atoms with Gasteiger partial charge in [-0.15, -0.1) is 0 Å². The topological polar surface area (TPSA) is 47.5 Å². The van der Waals surface area contributed by atoms with Gasteiger partial charge < -0.3 is 14.4 Å². The number of anilines is 1. The molecule has 1 spiro atoms. The fourth-order valence-corrected chi connectivity index (χ4v) is 2.85. The van der Waals surface area contributed by atoms with Crippen molar-refractivity contribution in [1.29, 1.82) is 0 Å². The number of aromatic nitrogens is 2. The van der Waals surface area contributed by atoms with E-state index in [1.165, 1.54) is 0 Å². The van der Waals surface area contributed by atoms with Crippen LogP contribution in [0.1, 0.15) is 25.7 Å². The van der Waals surface area contributed by atoms with E-state index in [1.807, 2.05) is 6.07 Å². The maximum absolute atomic E-state index is 5.74. The molecule has 1 saturated carbocycles. The lowest BCUT2D eigenvalue weighted by Gasteiger charge is -2.38. The van der Waals surface area contributed by atoms with Gasteiger partial charge in [-0.1, -0.05) is 0 Å². The minimum atomic E-state index is -0.283. The van der Waals surface area contributed by atoms with E-state index >= 15 is 0 Å². The third kappa shape index (κ3) is 2.20. The van der Waals surface area contributed by atoms with Gasteiger partial charge in [0.05, 0.1) is 13.2 Å². The number of hydrogen-bond acceptors (Lipinski definition) is 5. The van der Waals surface area contributed by atoms with Crippen molar-refractivity contribution in [2.24, 2.45) is 0 Å². The zero-order chi connectivity index (χ0) is 12.4. The summed E-state index contributed by atoms with van der Waals surface area (Å²) in [5, 5.41) is 0. The molecule has 1 aliphatic carbocycles. The van der Waals surface area contributed by atoms with E-state index in [0.29, 0.717) is 6.04 Å². The lowest BCUT2D eigenvalue weighted by atomic mass is 9.89. The van der Waals surface area contributed by atoms with Crippen LogP contribution < -0.4 is 4.90 Å². The summed E-state index contributed by atoms with van der Waals surface area (Å²) < 4.78 is 11.5. The van der Waals surface area contributed by atoms with Crippen molar-refractivity contribution in [3.05, 3.63) is 18.5 Å². The molecule has 2 fully saturated rings. The van der Waals surface area contributed by atoms with E-state index in [9.17, 15) is 0 Å². The van der Waals surface area contributed by atoms with Crippen molar-refractivity contribution in [1.82, 2.24) is 9.97 Å². The lowest BCUT2D eigenvalue weighted by molar-refractivity contribution is -0.178. The highest BCUT2D eigenvalue weighted by molar-refractivity contribution is 5.29. The summed E-state index contributed by atoms with van der Waals surface area (Å²) in [4.78, 5) is 10.8. The van der Waals surface area contributed by atoms with Crippen LogP contribution in [0.25, 0.3) is 0 Å². The van der Waals surface area contributed by atoms with Gasteiger partial charge in [0, 0.05) is 38.3 Å². The first-order chi connectivity index (χ1) is 8.79. The van der Waals surface area contributed by atoms with Crippen LogP contribution in [0.5, 0.6) is 0 Å². The molecular weight excluding hydrogens is 230 g/mol. The summed E-state index contributed by atoms with van der Waals surface area (Å²) >= 11 is 0. The van der Waals surface area contributed by atoms with E-state index in [2.05, 4.69) is 21.9 Å². The van der Waals surface area contributed by atoms with Crippen molar-refractivity contribution in [3.8, 4) is 0 Å². The molecule has 1 aromatic rings. The van der Waals surface area contributed by atoms with Gasteiger partial charge >= 0.3 is 0 Å². The van der Waals surface area contributed by atoms with Crippen LogP contribution in [0.3, 0.4) is 0 Å². The molecule has 3 rings (SSSR count). The Kier molecular flexibility index (Phi) is 3.18. The summed E-state index contributed by atoms with van der Waals surface area (Å²) in [5.41, 5.74) is 0. The third-order valence-electron chi connectivity index (χ3n) is 3.95. The molecule has 18 heavy (non-hydrogen) atoms. The number of hydrogen-bond donors (Lipinski definition) is 0. The Hall–Kier alpha value is -1.20. The molecule has 0 amide bonds. The maximum Gasteiger partial charge on any atom is 0.225 e. The van der Waals surface area contributed by atoms with Gasteiger partial charge in [0.2, 0.25) is 5.95 Å². The second kappa shape index (κ2) is 4.82. The van der Waals surface area contributed by atoms with Gasteiger partial charge in [-0.3, -0.25) is 0 Å². The fraction of sp³-hybridized carbons (Fsp3) is 0.692. The van der Waals surface area contributed by atoms with Crippen molar-refractivity contribution in [2.75, 3.05) is 25.2 Å². The van der Waals surface area contributed by atoms with E-state index in [-0.39, 0.29) is 5.79 Å². The van der Waals surface area contributed by atoms with Crippen LogP contribution in [0, 0.1) is 0 Å². The quantitative estimate of drug-likeness (QED) is 0.796. The maximum atomic E-state index is 5.74. The standard InChI is InChI=1S/C13H19N3O2/c1-16(12-14-7-2-8-15-12)11-3-5-13(6-4-11)17-9-10-18-13/h2,7-8,11H,3-6,9-10H2,1H3. The molecule has 0 unspecified atom stereocenters. The summed E-state index contributed by atoms with van der Waals surface area (Å²) in [6, 6.07) is 2.32. The second-order valence-corrected chi connectivity index (χ2v) is 5.00. The summed E-state index contributed by atoms with van der Waals surface area (Å²) in [6.45, 7) is 1.48. The molecule has 0 atom stereocenters. The molecule has 2 heterocycles. The second-order valence-electron chi connectivity index (χ2n) is 5.00. The van der Waals surface area contributed by atoms with E-state index in [0.717, 1.165) is 44.8 Å². The van der Waals surface area contributed by atoms with Gasteiger partial charge in [0.1, 0.15) is 0 Å². The molecule has 98 valence electrons. The first-order valence-electron chi connectivity index (χ1n) is 6.57. The summed E-state index contributed by atoms with van der Waals surface area (Å²) in [7, 11) is 2.06. The molecule has 0 N–H and O–H groups in total. The number of nitrogens with zero attached hydrogens (tertiary/aromatic N) is 3. The first kappa shape index (κ1) is 11.9. The smallest absolute Gasteiger partial charge is 0.225 e. The van der Waals surface area contributed by atoms with Gasteiger partial charge in [0.25, 0.3) is 0 Å². The Labute approximate surface area is 107 Å². The highest BCUT2D eigenvalue weighted by Crippen LogP contribution is 2.37. The molecule has 1 aromatic heterocycles. The van der Waals surface area contributed by atoms with Crippen molar-refractivity contribution >= 4 is 5.95 Å². The Bertz CT molecular complexity index is 382. The highest BCUT2D eigenvalue weighted by atomic mass is 16.7. The molecule has 0 aromatic carbocycles. The van der Waals surface area contributed by atoms with Gasteiger partial charge in [-0.05, 0) is 18.9 Å². The molecule has 5 nitrogen and oxygen atoms in total. The Balaban J connectivity index is 1.62. The van der Waals surface area contributed by atoms with Gasteiger partial charge in [0.15, 0.2) is 5.79 Å². The first-order valence-corrected chi connectivity index (χ1v) is 6.57. The highest BCUT2D eigenvalue weighted by Gasteiger charge is 2.41. The zero-order valence-electron chi connectivity index (χ0n) is 10.7. The Morgan fingerprint density at radius 2 is 1.78 bits per heavy atom. The van der Waals surface area contributed by atoms with Gasteiger partial charge in [-0.25, -0.2) is 9.97 Å². The predicted octanol–water partition coefficient (Wildman–Crippen LogP) is 1.60. The Morgan fingerprint density at radius 1 is 1.17 bits per heavy atom. The average Bonchev–Trinajstić information content (AvgIpc) is 2.88. The molecular formula is C13H19N3O2. The predicted molar refractivity (Wildman–Crippen MR) is 67.3 cm³/mol. The van der Waals surface area contributed by atoms with Crippen LogP contribution in [-0.2, 0) is 9.47 Å². The van der Waals surface area contributed by atoms with Crippen molar-refractivity contribution < 1.29 is 9.47 Å². The SMILES string of the molecule is CN(c1ncccn1)C1CCC2(CC1)OCCO2. The summed E-state index contributed by atoms with van der Waals surface area (Å²) in [6.07, 6.45) is 7.63. The van der Waals surface area contributed by atoms with E-state index in [1.54, 1.807) is 12.4 Å². The van der Waals surface area contributed by atoms with Crippen LogP contribution in [0.2, 0.25) is 0 Å². The average molecular weight is 249 g/mol. The van der Waals surface area contributed by atoms with Crippen molar-refractivity contribution in [2.45, 2.75) is 37.5 Å². The zero-order valence-corrected chi connectivity index (χ0v) is 10.7. The minimum absolute atomic E-state index is 0.283. The lowest BCUT2D eigenvalue weighted by Crippen LogP contribution is -2.43. The van der Waals surface area contributed by atoms with Crippen LogP contribution in [0.15, 0.2) is 18.5 Å². The Morgan fingerprint density at radius 3 is 2.39 bits per heavy atom. The molecule has 1 aliphatic heterocycles. The van der Waals surface area contributed by atoms with E-state index < -0.39 is 0 Å². The third-order valence-corrected chi connectivity index (χ3v) is 3.95. The van der Waals surface area contributed by atoms with Crippen LogP contribution in [-0.4, -0.2) is 42.1 Å². The molecule has 5 heteroatoms. The molecule has 0 bridgehead atoms. The van der Waals surface area contributed by atoms with Gasteiger partial charge in [-0.2, -0.15) is 0 Å². The number of rotatable bonds is 2. The monoisotopic (exact) mass is 249 g/mol. The largest absolute Gasteiger partial charge is 0.348 e. The minimum Gasteiger partial charge on any atom is -0.348 e. The van der Waals surface area contributed by atoms with E-state index in [4.69, 9.17) is 9.47 Å². The fourth-order valence-electron chi connectivity index (χ4n) is 2.85. The molecule has 0 radical (unpaired) electrons. The normalized spacial score (nSPS) is 23.4. The van der Waals surface area contributed by atoms with Crippen molar-refractivity contribution in [3.63, 3.8) is 0 Å². The molecule has 1 saturated heterocycles. The van der Waals surface area contributed by atoms with Crippen LogP contribution >= 0.6 is 0 Å². The van der Waals surface area contributed by atoms with Crippen LogP contribution in [0.4, 0.5) is 5.95 Å². The molecule has 2 aliphatic rings. The number of ether oxygens (including phenoxy) is 2. The summed E-state index contributed by atoms with van der Waals surface area (Å²) in [5.74, 6) is 0.515.